The summed E-state index contributed by atoms with van der Waals surface area (Å²) in [6, 6.07) is 12.0. The summed E-state index contributed by atoms with van der Waals surface area (Å²) in [5.41, 5.74) is 8.92. The lowest BCUT2D eigenvalue weighted by molar-refractivity contribution is 0.414. The van der Waals surface area contributed by atoms with E-state index in [4.69, 9.17) is 10.5 Å². The lowest BCUT2D eigenvalue weighted by Crippen LogP contribution is -1.99. The third kappa shape index (κ3) is 2.45. The van der Waals surface area contributed by atoms with Gasteiger partial charge in [-0.1, -0.05) is 12.1 Å². The molecule has 0 fully saturated rings. The van der Waals surface area contributed by atoms with Crippen molar-refractivity contribution in [2.75, 3.05) is 12.8 Å². The van der Waals surface area contributed by atoms with E-state index in [1.54, 1.807) is 7.11 Å². The van der Waals surface area contributed by atoms with Crippen LogP contribution in [-0.4, -0.2) is 16.5 Å². The molecule has 2 heterocycles. The number of aromatic nitrogens is 2. The molecule has 20 heavy (non-hydrogen) atoms. The van der Waals surface area contributed by atoms with Gasteiger partial charge in [0, 0.05) is 18.3 Å². The maximum atomic E-state index is 5.83. The van der Waals surface area contributed by atoms with Gasteiger partial charge in [0.15, 0.2) is 0 Å². The Morgan fingerprint density at radius 1 is 1.10 bits per heavy atom. The van der Waals surface area contributed by atoms with E-state index in [2.05, 4.69) is 21.5 Å². The standard InChI is InChI=1S/C16H17N3O/c1-20-15-7-2-12(3-8-15)4-9-16-18-10-14-6-5-13(17)11-19(14)16/h2-3,5-8,10-11H,4,9,17H2,1H3. The number of hydrogen-bond acceptors (Lipinski definition) is 3. The van der Waals surface area contributed by atoms with Crippen LogP contribution in [0.5, 0.6) is 5.75 Å². The first-order valence-corrected chi connectivity index (χ1v) is 6.60. The average Bonchev–Trinajstić information content (AvgIpc) is 2.88. The molecular weight excluding hydrogens is 250 g/mol. The number of nitrogens with two attached hydrogens (primary N) is 1. The molecular formula is C16H17N3O. The molecule has 0 radical (unpaired) electrons. The van der Waals surface area contributed by atoms with Crippen LogP contribution in [0.1, 0.15) is 11.4 Å². The molecule has 1 aromatic carbocycles. The molecule has 2 aromatic heterocycles. The third-order valence-corrected chi connectivity index (χ3v) is 3.42. The molecule has 4 nitrogen and oxygen atoms in total. The normalized spacial score (nSPS) is 10.8. The molecule has 0 spiro atoms. The molecule has 4 heteroatoms. The molecule has 0 bridgehead atoms. The maximum absolute atomic E-state index is 5.83. The highest BCUT2D eigenvalue weighted by Crippen LogP contribution is 2.15. The Kier molecular flexibility index (Phi) is 3.29. The Bertz CT molecular complexity index is 716. The summed E-state index contributed by atoms with van der Waals surface area (Å²) in [5, 5.41) is 0. The van der Waals surface area contributed by atoms with Crippen molar-refractivity contribution in [3.8, 4) is 5.75 Å². The number of nitrogen functional groups attached to an aromatic ring is 1. The van der Waals surface area contributed by atoms with Crippen molar-refractivity contribution in [3.63, 3.8) is 0 Å². The Balaban J connectivity index is 1.77. The molecule has 0 aliphatic rings. The highest BCUT2D eigenvalue weighted by molar-refractivity contribution is 5.52. The average molecular weight is 267 g/mol. The summed E-state index contributed by atoms with van der Waals surface area (Å²) in [4.78, 5) is 4.47. The summed E-state index contributed by atoms with van der Waals surface area (Å²) in [6.45, 7) is 0. The minimum Gasteiger partial charge on any atom is -0.497 e. The van der Waals surface area contributed by atoms with Gasteiger partial charge in [0.05, 0.1) is 18.8 Å². The van der Waals surface area contributed by atoms with Crippen LogP contribution in [0.2, 0.25) is 0 Å². The molecule has 0 aliphatic heterocycles. The van der Waals surface area contributed by atoms with Gasteiger partial charge in [-0.3, -0.25) is 0 Å². The highest BCUT2D eigenvalue weighted by atomic mass is 16.5. The fraction of sp³-hybridized carbons (Fsp3) is 0.188. The van der Waals surface area contributed by atoms with Crippen LogP contribution >= 0.6 is 0 Å². The van der Waals surface area contributed by atoms with Gasteiger partial charge < -0.3 is 14.9 Å². The van der Waals surface area contributed by atoms with Crippen molar-refractivity contribution in [2.24, 2.45) is 0 Å². The molecule has 102 valence electrons. The van der Waals surface area contributed by atoms with Gasteiger partial charge >= 0.3 is 0 Å². The second-order valence-corrected chi connectivity index (χ2v) is 4.78. The summed E-state index contributed by atoms with van der Waals surface area (Å²) in [7, 11) is 1.68. The minimum atomic E-state index is 0.751. The predicted molar refractivity (Wildman–Crippen MR) is 80.0 cm³/mol. The maximum Gasteiger partial charge on any atom is 0.118 e. The number of ether oxygens (including phenoxy) is 1. The Morgan fingerprint density at radius 3 is 2.65 bits per heavy atom. The third-order valence-electron chi connectivity index (χ3n) is 3.42. The molecule has 3 rings (SSSR count). The smallest absolute Gasteiger partial charge is 0.118 e. The molecule has 2 N–H and O–H groups in total. The molecule has 0 aliphatic carbocycles. The van der Waals surface area contributed by atoms with Crippen molar-refractivity contribution in [3.05, 3.63) is 60.2 Å². The number of rotatable bonds is 4. The number of fused-ring (bicyclic) bond motifs is 1. The van der Waals surface area contributed by atoms with E-state index < -0.39 is 0 Å². The zero-order valence-corrected chi connectivity index (χ0v) is 11.4. The van der Waals surface area contributed by atoms with E-state index in [0.717, 1.165) is 35.6 Å². The largest absolute Gasteiger partial charge is 0.497 e. The number of imidazole rings is 1. The SMILES string of the molecule is COc1ccc(CCc2ncc3ccc(N)cn23)cc1. The zero-order chi connectivity index (χ0) is 13.9. The predicted octanol–water partition coefficient (Wildman–Crippen LogP) is 2.71. The van der Waals surface area contributed by atoms with Crippen molar-refractivity contribution >= 4 is 11.2 Å². The van der Waals surface area contributed by atoms with Crippen LogP contribution in [0.15, 0.2) is 48.8 Å². The first-order chi connectivity index (χ1) is 9.76. The van der Waals surface area contributed by atoms with Crippen molar-refractivity contribution in [1.82, 2.24) is 9.38 Å². The van der Waals surface area contributed by atoms with E-state index >= 15 is 0 Å². The summed E-state index contributed by atoms with van der Waals surface area (Å²) < 4.78 is 7.21. The first-order valence-electron chi connectivity index (χ1n) is 6.60. The van der Waals surface area contributed by atoms with Gasteiger partial charge in [-0.15, -0.1) is 0 Å². The Labute approximate surface area is 117 Å². The Hall–Kier alpha value is -2.49. The fourth-order valence-electron chi connectivity index (χ4n) is 2.29. The molecule has 0 atom stereocenters. The number of benzene rings is 1. The Morgan fingerprint density at radius 2 is 1.90 bits per heavy atom. The lowest BCUT2D eigenvalue weighted by Gasteiger charge is -2.04. The fourth-order valence-corrected chi connectivity index (χ4v) is 2.29. The van der Waals surface area contributed by atoms with Crippen molar-refractivity contribution in [2.45, 2.75) is 12.8 Å². The van der Waals surface area contributed by atoms with Gasteiger partial charge in [0.1, 0.15) is 11.6 Å². The van der Waals surface area contributed by atoms with E-state index in [1.807, 2.05) is 36.7 Å². The molecule has 0 saturated heterocycles. The minimum absolute atomic E-state index is 0.751. The van der Waals surface area contributed by atoms with Crippen LogP contribution in [0.25, 0.3) is 5.52 Å². The van der Waals surface area contributed by atoms with Crippen LogP contribution in [0.3, 0.4) is 0 Å². The van der Waals surface area contributed by atoms with Gasteiger partial charge in [-0.05, 0) is 36.2 Å². The monoisotopic (exact) mass is 267 g/mol. The number of anilines is 1. The van der Waals surface area contributed by atoms with E-state index in [0.29, 0.717) is 0 Å². The summed E-state index contributed by atoms with van der Waals surface area (Å²) in [5.74, 6) is 1.91. The second kappa shape index (κ2) is 5.25. The second-order valence-electron chi connectivity index (χ2n) is 4.78. The van der Waals surface area contributed by atoms with E-state index in [-0.39, 0.29) is 0 Å². The van der Waals surface area contributed by atoms with Gasteiger partial charge in [-0.2, -0.15) is 0 Å². The van der Waals surface area contributed by atoms with Gasteiger partial charge in [0.2, 0.25) is 0 Å². The van der Waals surface area contributed by atoms with Crippen molar-refractivity contribution < 1.29 is 4.74 Å². The number of nitrogens with zero attached hydrogens (tertiary/aromatic N) is 2. The molecule has 0 saturated carbocycles. The van der Waals surface area contributed by atoms with E-state index in [1.165, 1.54) is 5.56 Å². The number of methoxy groups -OCH3 is 1. The van der Waals surface area contributed by atoms with Gasteiger partial charge in [-0.25, -0.2) is 4.98 Å². The van der Waals surface area contributed by atoms with Crippen molar-refractivity contribution in [1.29, 1.82) is 0 Å². The topological polar surface area (TPSA) is 52.5 Å². The quantitative estimate of drug-likeness (QED) is 0.790. The molecule has 0 amide bonds. The number of hydrogen-bond donors (Lipinski definition) is 1. The molecule has 3 aromatic rings. The summed E-state index contributed by atoms with van der Waals surface area (Å²) in [6.07, 6.45) is 5.62. The van der Waals surface area contributed by atoms with Crippen LogP contribution in [-0.2, 0) is 12.8 Å². The van der Waals surface area contributed by atoms with Gasteiger partial charge in [0.25, 0.3) is 0 Å². The molecule has 0 unspecified atom stereocenters. The summed E-state index contributed by atoms with van der Waals surface area (Å²) >= 11 is 0. The number of pyridine rings is 1. The van der Waals surface area contributed by atoms with Crippen LogP contribution in [0, 0.1) is 0 Å². The number of aryl methyl sites for hydroxylation is 2. The van der Waals surface area contributed by atoms with Crippen LogP contribution in [0.4, 0.5) is 5.69 Å². The van der Waals surface area contributed by atoms with E-state index in [9.17, 15) is 0 Å². The van der Waals surface area contributed by atoms with Crippen LogP contribution < -0.4 is 10.5 Å². The highest BCUT2D eigenvalue weighted by Gasteiger charge is 2.04. The first kappa shape index (κ1) is 12.5. The zero-order valence-electron chi connectivity index (χ0n) is 11.4. The lowest BCUT2D eigenvalue weighted by atomic mass is 10.1.